The first-order valence-electron chi connectivity index (χ1n) is 7.63. The summed E-state index contributed by atoms with van der Waals surface area (Å²) in [4.78, 5) is 0. The molecule has 1 aliphatic heterocycles. The van der Waals surface area contributed by atoms with Crippen molar-refractivity contribution >= 4 is 0 Å². The normalized spacial score (nSPS) is 20.3. The first kappa shape index (κ1) is 13.6. The van der Waals surface area contributed by atoms with Crippen LogP contribution in [0.15, 0.2) is 24.3 Å². The predicted octanol–water partition coefficient (Wildman–Crippen LogP) is 4.13. The zero-order chi connectivity index (χ0) is 12.8. The van der Waals surface area contributed by atoms with Gasteiger partial charge in [-0.3, -0.25) is 0 Å². The van der Waals surface area contributed by atoms with Gasteiger partial charge in [-0.1, -0.05) is 38.1 Å². The highest BCUT2D eigenvalue weighted by Crippen LogP contribution is 2.28. The number of benzene rings is 1. The van der Waals surface area contributed by atoms with Crippen molar-refractivity contribution in [3.05, 3.63) is 35.4 Å². The molecule has 1 aromatic carbocycles. The second kappa shape index (κ2) is 6.94. The van der Waals surface area contributed by atoms with Gasteiger partial charge in [-0.05, 0) is 68.2 Å². The fourth-order valence-corrected chi connectivity index (χ4v) is 3.26. The molecule has 1 unspecified atom stereocenters. The molecule has 1 saturated heterocycles. The molecular formula is C17H27N. The lowest BCUT2D eigenvalue weighted by molar-refractivity contribution is 0.374. The minimum atomic E-state index is 0.748. The maximum absolute atomic E-state index is 3.53. The first-order valence-corrected chi connectivity index (χ1v) is 7.63. The van der Waals surface area contributed by atoms with Crippen molar-refractivity contribution in [1.29, 1.82) is 0 Å². The van der Waals surface area contributed by atoms with Crippen molar-refractivity contribution in [3.8, 4) is 0 Å². The summed E-state index contributed by atoms with van der Waals surface area (Å²) >= 11 is 0. The van der Waals surface area contributed by atoms with Gasteiger partial charge in [0.1, 0.15) is 0 Å². The monoisotopic (exact) mass is 245 g/mol. The third-order valence-corrected chi connectivity index (χ3v) is 4.39. The van der Waals surface area contributed by atoms with E-state index in [0.717, 1.165) is 11.8 Å². The molecule has 1 heterocycles. The summed E-state index contributed by atoms with van der Waals surface area (Å²) in [5.41, 5.74) is 3.20. The van der Waals surface area contributed by atoms with Gasteiger partial charge >= 0.3 is 0 Å². The molecular weight excluding hydrogens is 218 g/mol. The van der Waals surface area contributed by atoms with Crippen molar-refractivity contribution < 1.29 is 0 Å². The predicted molar refractivity (Wildman–Crippen MR) is 79.1 cm³/mol. The zero-order valence-corrected chi connectivity index (χ0v) is 11.9. The van der Waals surface area contributed by atoms with E-state index in [2.05, 4.69) is 43.4 Å². The molecule has 100 valence electrons. The molecule has 1 atom stereocenters. The summed E-state index contributed by atoms with van der Waals surface area (Å²) < 4.78 is 0. The second-order valence-electron chi connectivity index (χ2n) is 5.63. The van der Waals surface area contributed by atoms with Gasteiger partial charge in [0.15, 0.2) is 0 Å². The first-order chi connectivity index (χ1) is 8.85. The van der Waals surface area contributed by atoms with Crippen LogP contribution in [0.2, 0.25) is 0 Å². The standard InChI is InChI=1S/C17H27N/c1-3-15(4-2)17-10-6-5-9-16(17)12-14-8-7-11-18-13-14/h5-6,9-10,14-15,18H,3-4,7-8,11-13H2,1-2H3. The third-order valence-electron chi connectivity index (χ3n) is 4.39. The fraction of sp³-hybridized carbons (Fsp3) is 0.647. The number of nitrogens with one attached hydrogen (secondary N) is 1. The van der Waals surface area contributed by atoms with Crippen LogP contribution in [0.1, 0.15) is 56.6 Å². The molecule has 0 aromatic heterocycles. The van der Waals surface area contributed by atoms with Gasteiger partial charge < -0.3 is 5.32 Å². The molecule has 1 fully saturated rings. The molecule has 18 heavy (non-hydrogen) atoms. The van der Waals surface area contributed by atoms with Crippen LogP contribution in [-0.4, -0.2) is 13.1 Å². The van der Waals surface area contributed by atoms with Crippen LogP contribution in [0.3, 0.4) is 0 Å². The maximum Gasteiger partial charge on any atom is -0.00173 e. The zero-order valence-electron chi connectivity index (χ0n) is 11.9. The minimum Gasteiger partial charge on any atom is -0.316 e. The summed E-state index contributed by atoms with van der Waals surface area (Å²) in [7, 11) is 0. The second-order valence-corrected chi connectivity index (χ2v) is 5.63. The number of hydrogen-bond acceptors (Lipinski definition) is 1. The molecule has 1 aliphatic rings. The Morgan fingerprint density at radius 1 is 1.22 bits per heavy atom. The Morgan fingerprint density at radius 3 is 2.67 bits per heavy atom. The molecule has 1 nitrogen and oxygen atoms in total. The summed E-state index contributed by atoms with van der Waals surface area (Å²) in [5.74, 6) is 1.59. The Morgan fingerprint density at radius 2 is 2.00 bits per heavy atom. The van der Waals surface area contributed by atoms with E-state index in [-0.39, 0.29) is 0 Å². The van der Waals surface area contributed by atoms with Gasteiger partial charge in [-0.2, -0.15) is 0 Å². The summed E-state index contributed by atoms with van der Waals surface area (Å²) in [6.07, 6.45) is 6.52. The molecule has 0 saturated carbocycles. The minimum absolute atomic E-state index is 0.748. The highest BCUT2D eigenvalue weighted by atomic mass is 14.9. The van der Waals surface area contributed by atoms with Gasteiger partial charge in [0, 0.05) is 0 Å². The molecule has 0 spiro atoms. The highest BCUT2D eigenvalue weighted by molar-refractivity contribution is 5.31. The van der Waals surface area contributed by atoms with Gasteiger partial charge in [0.2, 0.25) is 0 Å². The summed E-state index contributed by atoms with van der Waals surface area (Å²) in [6, 6.07) is 9.11. The van der Waals surface area contributed by atoms with E-state index in [0.29, 0.717) is 0 Å². The van der Waals surface area contributed by atoms with Crippen LogP contribution >= 0.6 is 0 Å². The van der Waals surface area contributed by atoms with E-state index in [9.17, 15) is 0 Å². The Balaban J connectivity index is 2.10. The van der Waals surface area contributed by atoms with Crippen molar-refractivity contribution in [2.75, 3.05) is 13.1 Å². The Bertz CT molecular complexity index is 348. The number of rotatable bonds is 5. The molecule has 1 heteroatoms. The molecule has 0 aliphatic carbocycles. The van der Waals surface area contributed by atoms with E-state index in [1.165, 1.54) is 45.2 Å². The van der Waals surface area contributed by atoms with E-state index < -0.39 is 0 Å². The van der Waals surface area contributed by atoms with Crippen LogP contribution in [0.4, 0.5) is 0 Å². The summed E-state index contributed by atoms with van der Waals surface area (Å²) in [5, 5.41) is 3.53. The lowest BCUT2D eigenvalue weighted by Gasteiger charge is -2.25. The lowest BCUT2D eigenvalue weighted by atomic mass is 9.84. The van der Waals surface area contributed by atoms with Gasteiger partial charge in [0.25, 0.3) is 0 Å². The van der Waals surface area contributed by atoms with Crippen LogP contribution in [0.5, 0.6) is 0 Å². The van der Waals surface area contributed by atoms with Crippen molar-refractivity contribution in [1.82, 2.24) is 5.32 Å². The average molecular weight is 245 g/mol. The molecule has 0 radical (unpaired) electrons. The molecule has 0 amide bonds. The lowest BCUT2D eigenvalue weighted by Crippen LogP contribution is -2.31. The third kappa shape index (κ3) is 3.35. The van der Waals surface area contributed by atoms with Crippen LogP contribution < -0.4 is 5.32 Å². The van der Waals surface area contributed by atoms with Crippen molar-refractivity contribution in [2.24, 2.45) is 5.92 Å². The largest absolute Gasteiger partial charge is 0.316 e. The van der Waals surface area contributed by atoms with E-state index in [1.807, 2.05) is 0 Å². The number of hydrogen-bond donors (Lipinski definition) is 1. The number of piperidine rings is 1. The fourth-order valence-electron chi connectivity index (χ4n) is 3.26. The SMILES string of the molecule is CCC(CC)c1ccccc1CC1CCCNC1. The van der Waals surface area contributed by atoms with Gasteiger partial charge in [-0.15, -0.1) is 0 Å². The van der Waals surface area contributed by atoms with Crippen LogP contribution in [0.25, 0.3) is 0 Å². The molecule has 0 bridgehead atoms. The summed E-state index contributed by atoms with van der Waals surface area (Å²) in [6.45, 7) is 7.04. The quantitative estimate of drug-likeness (QED) is 0.822. The Labute approximate surface area is 112 Å². The maximum atomic E-state index is 3.53. The van der Waals surface area contributed by atoms with E-state index in [4.69, 9.17) is 0 Å². The van der Waals surface area contributed by atoms with Crippen LogP contribution in [0, 0.1) is 5.92 Å². The smallest absolute Gasteiger partial charge is 0.00173 e. The Kier molecular flexibility index (Phi) is 5.25. The topological polar surface area (TPSA) is 12.0 Å². The van der Waals surface area contributed by atoms with Gasteiger partial charge in [-0.25, -0.2) is 0 Å². The average Bonchev–Trinajstić information content (AvgIpc) is 2.43. The Hall–Kier alpha value is -0.820. The molecule has 2 rings (SSSR count). The van der Waals surface area contributed by atoms with E-state index >= 15 is 0 Å². The van der Waals surface area contributed by atoms with Gasteiger partial charge in [0.05, 0.1) is 0 Å². The van der Waals surface area contributed by atoms with Crippen molar-refractivity contribution in [3.63, 3.8) is 0 Å². The van der Waals surface area contributed by atoms with Crippen LogP contribution in [-0.2, 0) is 6.42 Å². The van der Waals surface area contributed by atoms with E-state index in [1.54, 1.807) is 11.1 Å². The molecule has 1 N–H and O–H groups in total. The molecule has 1 aromatic rings. The highest BCUT2D eigenvalue weighted by Gasteiger charge is 2.17. The van der Waals surface area contributed by atoms with Crippen molar-refractivity contribution in [2.45, 2.75) is 51.9 Å².